The van der Waals surface area contributed by atoms with E-state index in [-0.39, 0.29) is 17.2 Å². The Kier molecular flexibility index (Phi) is 8.80. The molecule has 0 aromatic heterocycles. The van der Waals surface area contributed by atoms with Gasteiger partial charge in [-0.05, 0) is 37.6 Å². The topological polar surface area (TPSA) is 62.2 Å². The Hall–Kier alpha value is -3.41. The largest absolute Gasteiger partial charge is 0.416 e. The van der Waals surface area contributed by atoms with Crippen LogP contribution in [-0.2, 0) is 6.18 Å². The lowest BCUT2D eigenvalue weighted by molar-refractivity contribution is -0.137. The van der Waals surface area contributed by atoms with Crippen LogP contribution in [0, 0.1) is 19.3 Å². The first-order valence-corrected chi connectivity index (χ1v) is 8.67. The van der Waals surface area contributed by atoms with Crippen LogP contribution in [0.2, 0.25) is 0 Å². The highest BCUT2D eigenvalue weighted by Crippen LogP contribution is 2.30. The number of halogens is 3. The number of benzene rings is 2. The summed E-state index contributed by atoms with van der Waals surface area (Å²) in [6, 6.07) is 13.6. The van der Waals surface area contributed by atoms with Gasteiger partial charge in [-0.2, -0.15) is 13.2 Å². The number of aliphatic imine (C=N–C) groups is 1. The zero-order valence-electron chi connectivity index (χ0n) is 16.4. The van der Waals surface area contributed by atoms with Gasteiger partial charge in [0.05, 0.1) is 5.56 Å². The molecule has 0 radical (unpaired) electrons. The Bertz CT molecular complexity index is 924. The van der Waals surface area contributed by atoms with Gasteiger partial charge in [0, 0.05) is 11.1 Å². The van der Waals surface area contributed by atoms with Gasteiger partial charge in [0.25, 0.3) is 0 Å². The number of nitrogens with two attached hydrogens (primary N) is 1. The van der Waals surface area contributed by atoms with E-state index < -0.39 is 11.7 Å². The van der Waals surface area contributed by atoms with Crippen molar-refractivity contribution in [3.8, 4) is 0 Å². The lowest BCUT2D eigenvalue weighted by Crippen LogP contribution is -2.16. The molecular formula is C23H24F3N3. The predicted octanol–water partition coefficient (Wildman–Crippen LogP) is 5.99. The van der Waals surface area contributed by atoms with Gasteiger partial charge >= 0.3 is 6.18 Å². The number of aryl methyl sites for hydroxylation is 2. The highest BCUT2D eigenvalue weighted by Gasteiger charge is 2.31. The summed E-state index contributed by atoms with van der Waals surface area (Å²) in [5, 5.41) is 7.84. The number of amidine groups is 2. The molecule has 0 atom stereocenters. The first kappa shape index (κ1) is 23.6. The molecule has 6 heteroatoms. The van der Waals surface area contributed by atoms with Crippen molar-refractivity contribution in [2.75, 3.05) is 0 Å². The van der Waals surface area contributed by atoms with Crippen LogP contribution in [0.3, 0.4) is 0 Å². The average Bonchev–Trinajstić information content (AvgIpc) is 2.66. The van der Waals surface area contributed by atoms with Crippen molar-refractivity contribution in [1.29, 1.82) is 5.41 Å². The van der Waals surface area contributed by atoms with E-state index in [1.54, 1.807) is 0 Å². The molecule has 2 rings (SSSR count). The van der Waals surface area contributed by atoms with Crippen LogP contribution in [0.5, 0.6) is 0 Å². The lowest BCUT2D eigenvalue weighted by atomic mass is 10.1. The van der Waals surface area contributed by atoms with Crippen molar-refractivity contribution in [3.63, 3.8) is 0 Å². The molecule has 29 heavy (non-hydrogen) atoms. The molecule has 0 saturated heterocycles. The quantitative estimate of drug-likeness (QED) is 0.370. The smallest absolute Gasteiger partial charge is 0.383 e. The lowest BCUT2D eigenvalue weighted by Gasteiger charge is -2.10. The van der Waals surface area contributed by atoms with Crippen LogP contribution in [0.25, 0.3) is 0 Å². The van der Waals surface area contributed by atoms with E-state index in [0.717, 1.165) is 12.1 Å². The highest BCUT2D eigenvalue weighted by atomic mass is 19.4. The maximum Gasteiger partial charge on any atom is 0.416 e. The zero-order valence-corrected chi connectivity index (χ0v) is 16.4. The molecule has 0 amide bonds. The van der Waals surface area contributed by atoms with E-state index in [2.05, 4.69) is 37.2 Å². The van der Waals surface area contributed by atoms with Gasteiger partial charge in [-0.25, -0.2) is 4.99 Å². The van der Waals surface area contributed by atoms with Crippen LogP contribution in [0.1, 0.15) is 22.3 Å². The Balaban J connectivity index is 0.000000502. The second-order valence-electron chi connectivity index (χ2n) is 6.15. The third kappa shape index (κ3) is 8.01. The third-order valence-electron chi connectivity index (χ3n) is 3.66. The summed E-state index contributed by atoms with van der Waals surface area (Å²) in [5.74, 6) is -0.376. The summed E-state index contributed by atoms with van der Waals surface area (Å²) in [6.45, 7) is 10.7. The van der Waals surface area contributed by atoms with E-state index in [0.29, 0.717) is 11.1 Å². The minimum Gasteiger partial charge on any atom is -0.383 e. The summed E-state index contributed by atoms with van der Waals surface area (Å²) in [5.41, 5.74) is 7.07. The maximum absolute atomic E-state index is 12.8. The van der Waals surface area contributed by atoms with Crippen LogP contribution >= 0.6 is 0 Å². The van der Waals surface area contributed by atoms with Crippen molar-refractivity contribution in [2.24, 2.45) is 10.7 Å². The summed E-state index contributed by atoms with van der Waals surface area (Å²) >= 11 is 0. The molecule has 0 aliphatic heterocycles. The summed E-state index contributed by atoms with van der Waals surface area (Å²) in [4.78, 5) is 3.82. The van der Waals surface area contributed by atoms with Gasteiger partial charge in [-0.3, -0.25) is 5.41 Å². The molecule has 152 valence electrons. The SMILES string of the molecule is C=C/C=C(\C=C)C(N)=NC(=N)c1cc(C)cc(C(F)(F)F)c1.Cc1ccccc1. The molecule has 2 aromatic carbocycles. The van der Waals surface area contributed by atoms with Gasteiger partial charge in [0.1, 0.15) is 5.84 Å². The van der Waals surface area contributed by atoms with Gasteiger partial charge in [0.2, 0.25) is 0 Å². The van der Waals surface area contributed by atoms with E-state index >= 15 is 0 Å². The number of hydrogen-bond acceptors (Lipinski definition) is 1. The molecule has 0 heterocycles. The predicted molar refractivity (Wildman–Crippen MR) is 114 cm³/mol. The summed E-state index contributed by atoms with van der Waals surface area (Å²) < 4.78 is 38.4. The van der Waals surface area contributed by atoms with E-state index in [4.69, 9.17) is 11.1 Å². The van der Waals surface area contributed by atoms with Crippen molar-refractivity contribution in [3.05, 3.63) is 108 Å². The number of nitrogens with one attached hydrogen (secondary N) is 1. The van der Waals surface area contributed by atoms with Gasteiger partial charge in [-0.1, -0.05) is 67.3 Å². The zero-order chi connectivity index (χ0) is 22.0. The molecule has 0 unspecified atom stereocenters. The van der Waals surface area contributed by atoms with Crippen LogP contribution in [-0.4, -0.2) is 11.7 Å². The van der Waals surface area contributed by atoms with E-state index in [9.17, 15) is 13.2 Å². The van der Waals surface area contributed by atoms with Gasteiger partial charge in [0.15, 0.2) is 5.84 Å². The molecule has 0 aliphatic rings. The van der Waals surface area contributed by atoms with Crippen molar-refractivity contribution in [2.45, 2.75) is 20.0 Å². The molecule has 0 saturated carbocycles. The molecule has 0 spiro atoms. The number of hydrogen-bond donors (Lipinski definition) is 2. The van der Waals surface area contributed by atoms with E-state index in [1.807, 2.05) is 18.2 Å². The minimum atomic E-state index is -4.48. The van der Waals surface area contributed by atoms with Gasteiger partial charge in [-0.15, -0.1) is 0 Å². The Morgan fingerprint density at radius 3 is 2.10 bits per heavy atom. The summed E-state index contributed by atoms with van der Waals surface area (Å²) in [7, 11) is 0. The fourth-order valence-corrected chi connectivity index (χ4v) is 2.25. The molecule has 3 nitrogen and oxygen atoms in total. The molecule has 0 fully saturated rings. The average molecular weight is 399 g/mol. The minimum absolute atomic E-state index is 0.0186. The van der Waals surface area contributed by atoms with Crippen LogP contribution in [0.15, 0.2) is 90.5 Å². The Morgan fingerprint density at radius 2 is 1.66 bits per heavy atom. The highest BCUT2D eigenvalue weighted by molar-refractivity contribution is 6.10. The van der Waals surface area contributed by atoms with Gasteiger partial charge < -0.3 is 5.73 Å². The fraction of sp³-hybridized carbons (Fsp3) is 0.130. The molecule has 3 N–H and O–H groups in total. The molecular weight excluding hydrogens is 375 g/mol. The Morgan fingerprint density at radius 1 is 1.03 bits per heavy atom. The molecule has 2 aromatic rings. The first-order chi connectivity index (χ1) is 13.6. The number of nitrogens with zero attached hydrogens (tertiary/aromatic N) is 1. The fourth-order valence-electron chi connectivity index (χ4n) is 2.25. The maximum atomic E-state index is 12.8. The monoisotopic (exact) mass is 399 g/mol. The second-order valence-corrected chi connectivity index (χ2v) is 6.15. The third-order valence-corrected chi connectivity index (χ3v) is 3.66. The number of allylic oxidation sites excluding steroid dienone is 2. The Labute approximate surface area is 169 Å². The van der Waals surface area contributed by atoms with Crippen LogP contribution < -0.4 is 5.73 Å². The van der Waals surface area contributed by atoms with Crippen molar-refractivity contribution >= 4 is 11.7 Å². The molecule has 0 aliphatic carbocycles. The normalized spacial score (nSPS) is 11.9. The first-order valence-electron chi connectivity index (χ1n) is 8.67. The molecule has 0 bridgehead atoms. The number of alkyl halides is 3. The van der Waals surface area contributed by atoms with Crippen LogP contribution in [0.4, 0.5) is 13.2 Å². The van der Waals surface area contributed by atoms with E-state index in [1.165, 1.54) is 36.8 Å². The number of rotatable bonds is 4. The summed E-state index contributed by atoms with van der Waals surface area (Å²) in [6.07, 6.45) is -0.0511. The standard InChI is InChI=1S/C16H16F3N3.C7H8/c1-4-6-11(5-2)14(20)22-15(21)12-7-10(3)8-13(9-12)16(17,18)19;1-7-5-3-2-4-6-7/h4-9H,1-2H2,3H3,(H3,20,21,22);2-6H,1H3/b11-6+;. The van der Waals surface area contributed by atoms with Crippen molar-refractivity contribution < 1.29 is 13.2 Å². The van der Waals surface area contributed by atoms with Crippen molar-refractivity contribution in [1.82, 2.24) is 0 Å². The second kappa shape index (κ2) is 10.8.